The van der Waals surface area contributed by atoms with Crippen molar-refractivity contribution in [2.45, 2.75) is 17.8 Å². The zero-order valence-corrected chi connectivity index (χ0v) is 12.0. The number of aromatic nitrogens is 6. The van der Waals surface area contributed by atoms with Gasteiger partial charge in [0.2, 0.25) is 11.0 Å². The number of benzene rings is 1. The van der Waals surface area contributed by atoms with Gasteiger partial charge in [0, 0.05) is 5.02 Å². The predicted octanol–water partition coefficient (Wildman–Crippen LogP) is 2.30. The largest absolute Gasteiger partial charge is 0.338 e. The first-order valence-corrected chi connectivity index (χ1v) is 7.05. The molecule has 0 aliphatic carbocycles. The second-order valence-electron chi connectivity index (χ2n) is 3.87. The van der Waals surface area contributed by atoms with Gasteiger partial charge in [-0.25, -0.2) is 0 Å². The molecule has 0 aliphatic rings. The van der Waals surface area contributed by atoms with Crippen LogP contribution >= 0.6 is 23.4 Å². The maximum Gasteiger partial charge on any atom is 0.237 e. The third-order valence-electron chi connectivity index (χ3n) is 2.41. The van der Waals surface area contributed by atoms with Crippen LogP contribution in [0.25, 0.3) is 5.69 Å². The van der Waals surface area contributed by atoms with Gasteiger partial charge < -0.3 is 4.52 Å². The van der Waals surface area contributed by atoms with E-state index in [4.69, 9.17) is 16.1 Å². The molecule has 0 amide bonds. The summed E-state index contributed by atoms with van der Waals surface area (Å²) in [5.74, 6) is 1.66. The maximum atomic E-state index is 5.86. The van der Waals surface area contributed by atoms with Gasteiger partial charge in [-0.15, -0.1) is 5.10 Å². The van der Waals surface area contributed by atoms with Crippen molar-refractivity contribution in [2.75, 3.05) is 0 Å². The Morgan fingerprint density at radius 3 is 2.80 bits per heavy atom. The third-order valence-corrected chi connectivity index (χ3v) is 3.56. The van der Waals surface area contributed by atoms with Crippen molar-refractivity contribution in [1.82, 2.24) is 30.3 Å². The number of hydrogen-bond donors (Lipinski definition) is 0. The predicted molar refractivity (Wildman–Crippen MR) is 72.8 cm³/mol. The van der Waals surface area contributed by atoms with Crippen molar-refractivity contribution in [1.29, 1.82) is 0 Å². The molecule has 2 aromatic heterocycles. The summed E-state index contributed by atoms with van der Waals surface area (Å²) in [5.41, 5.74) is 0.837. The smallest absolute Gasteiger partial charge is 0.237 e. The first kappa shape index (κ1) is 13.1. The third kappa shape index (κ3) is 2.81. The fraction of sp³-hybridized carbons (Fsp3) is 0.182. The van der Waals surface area contributed by atoms with Gasteiger partial charge in [0.15, 0.2) is 5.82 Å². The second-order valence-corrected chi connectivity index (χ2v) is 5.25. The highest BCUT2D eigenvalue weighted by atomic mass is 35.5. The van der Waals surface area contributed by atoms with E-state index >= 15 is 0 Å². The van der Waals surface area contributed by atoms with Crippen LogP contribution in [0.15, 0.2) is 33.9 Å². The topological polar surface area (TPSA) is 82.5 Å². The Morgan fingerprint density at radius 2 is 2.10 bits per heavy atom. The Morgan fingerprint density at radius 1 is 1.30 bits per heavy atom. The fourth-order valence-corrected chi connectivity index (χ4v) is 2.39. The Hall–Kier alpha value is -1.93. The lowest BCUT2D eigenvalue weighted by Gasteiger charge is -2.02. The molecular weight excluding hydrogens is 300 g/mol. The fourth-order valence-electron chi connectivity index (χ4n) is 1.54. The Kier molecular flexibility index (Phi) is 3.66. The van der Waals surface area contributed by atoms with Crippen molar-refractivity contribution in [3.8, 4) is 5.69 Å². The highest BCUT2D eigenvalue weighted by Crippen LogP contribution is 2.22. The van der Waals surface area contributed by atoms with Crippen LogP contribution in [-0.4, -0.2) is 30.3 Å². The summed E-state index contributed by atoms with van der Waals surface area (Å²) in [6, 6.07) is 7.27. The van der Waals surface area contributed by atoms with Gasteiger partial charge in [0.05, 0.1) is 11.4 Å². The molecule has 20 heavy (non-hydrogen) atoms. The van der Waals surface area contributed by atoms with Crippen molar-refractivity contribution < 1.29 is 4.52 Å². The summed E-state index contributed by atoms with van der Waals surface area (Å²) in [6.45, 7) is 1.77. The average Bonchev–Trinajstić information content (AvgIpc) is 3.06. The Labute approximate surface area is 123 Å². The molecule has 1 aromatic carbocycles. The number of halogens is 1. The zero-order valence-electron chi connectivity index (χ0n) is 10.4. The molecule has 102 valence electrons. The van der Waals surface area contributed by atoms with Gasteiger partial charge in [-0.3, -0.25) is 0 Å². The summed E-state index contributed by atoms with van der Waals surface area (Å²) >= 11 is 7.28. The highest BCUT2D eigenvalue weighted by Gasteiger charge is 2.11. The van der Waals surface area contributed by atoms with Crippen LogP contribution in [-0.2, 0) is 5.75 Å². The minimum absolute atomic E-state index is 0.509. The number of hydrogen-bond acceptors (Lipinski definition) is 7. The van der Waals surface area contributed by atoms with Gasteiger partial charge in [-0.1, -0.05) is 28.5 Å². The minimum Gasteiger partial charge on any atom is -0.338 e. The van der Waals surface area contributed by atoms with E-state index in [9.17, 15) is 0 Å². The molecule has 0 N–H and O–H groups in total. The van der Waals surface area contributed by atoms with Gasteiger partial charge in [-0.05, 0) is 41.6 Å². The minimum atomic E-state index is 0.509. The quantitative estimate of drug-likeness (QED) is 0.684. The summed E-state index contributed by atoms with van der Waals surface area (Å²) in [6.07, 6.45) is 0. The zero-order chi connectivity index (χ0) is 13.9. The van der Waals surface area contributed by atoms with Gasteiger partial charge in [0.25, 0.3) is 0 Å². The SMILES string of the molecule is Cc1noc(CSc2nnnn2-c2ccc(Cl)cc2)n1. The molecule has 0 saturated carbocycles. The van der Waals surface area contributed by atoms with Crippen LogP contribution in [0.1, 0.15) is 11.7 Å². The monoisotopic (exact) mass is 308 g/mol. The Bertz CT molecular complexity index is 710. The lowest BCUT2D eigenvalue weighted by Crippen LogP contribution is -1.98. The van der Waals surface area contributed by atoms with E-state index in [1.165, 1.54) is 11.8 Å². The lowest BCUT2D eigenvalue weighted by molar-refractivity contribution is 0.387. The molecule has 0 fully saturated rings. The number of tetrazole rings is 1. The van der Waals surface area contributed by atoms with Crippen LogP contribution in [0.2, 0.25) is 5.02 Å². The summed E-state index contributed by atoms with van der Waals surface area (Å²) < 4.78 is 6.68. The van der Waals surface area contributed by atoms with E-state index in [-0.39, 0.29) is 0 Å². The van der Waals surface area contributed by atoms with Crippen LogP contribution in [0.3, 0.4) is 0 Å². The summed E-state index contributed by atoms with van der Waals surface area (Å²) in [7, 11) is 0. The van der Waals surface area contributed by atoms with Gasteiger partial charge >= 0.3 is 0 Å². The van der Waals surface area contributed by atoms with E-state index in [1.807, 2.05) is 12.1 Å². The normalized spacial score (nSPS) is 10.9. The van der Waals surface area contributed by atoms with Crippen molar-refractivity contribution in [2.24, 2.45) is 0 Å². The molecule has 0 radical (unpaired) electrons. The average molecular weight is 309 g/mol. The van der Waals surface area contributed by atoms with Crippen molar-refractivity contribution >= 4 is 23.4 Å². The summed E-state index contributed by atoms with van der Waals surface area (Å²) in [4.78, 5) is 4.13. The number of aryl methyl sites for hydroxylation is 1. The molecule has 0 bridgehead atoms. The number of nitrogens with zero attached hydrogens (tertiary/aromatic N) is 6. The number of thioether (sulfide) groups is 1. The lowest BCUT2D eigenvalue weighted by atomic mass is 10.3. The van der Waals surface area contributed by atoms with E-state index < -0.39 is 0 Å². The maximum absolute atomic E-state index is 5.86. The van der Waals surface area contributed by atoms with Crippen LogP contribution in [0.5, 0.6) is 0 Å². The molecule has 7 nitrogen and oxygen atoms in total. The second kappa shape index (κ2) is 5.59. The van der Waals surface area contributed by atoms with Crippen LogP contribution < -0.4 is 0 Å². The van der Waals surface area contributed by atoms with Gasteiger partial charge in [0.1, 0.15) is 0 Å². The Balaban J connectivity index is 1.78. The van der Waals surface area contributed by atoms with Crippen LogP contribution in [0, 0.1) is 6.92 Å². The number of rotatable bonds is 4. The molecule has 0 unspecified atom stereocenters. The molecular formula is C11H9ClN6OS. The molecule has 3 rings (SSSR count). The first-order chi connectivity index (χ1) is 9.72. The first-order valence-electron chi connectivity index (χ1n) is 5.69. The molecule has 3 aromatic rings. The van der Waals surface area contributed by atoms with E-state index in [2.05, 4.69) is 25.7 Å². The highest BCUT2D eigenvalue weighted by molar-refractivity contribution is 7.98. The van der Waals surface area contributed by atoms with Gasteiger partial charge in [-0.2, -0.15) is 9.67 Å². The van der Waals surface area contributed by atoms with E-state index in [1.54, 1.807) is 23.7 Å². The van der Waals surface area contributed by atoms with Crippen molar-refractivity contribution in [3.63, 3.8) is 0 Å². The molecule has 0 spiro atoms. The molecule has 2 heterocycles. The molecule has 0 atom stereocenters. The van der Waals surface area contributed by atoms with E-state index in [0.29, 0.717) is 27.6 Å². The molecule has 9 heteroatoms. The van der Waals surface area contributed by atoms with Crippen LogP contribution in [0.4, 0.5) is 0 Å². The van der Waals surface area contributed by atoms with E-state index in [0.717, 1.165) is 5.69 Å². The summed E-state index contributed by atoms with van der Waals surface area (Å²) in [5, 5.41) is 16.7. The van der Waals surface area contributed by atoms with Crippen molar-refractivity contribution in [3.05, 3.63) is 41.0 Å². The molecule has 0 saturated heterocycles. The standard InChI is InChI=1S/C11H9ClN6OS/c1-7-13-10(19-15-7)6-20-11-14-16-17-18(11)9-4-2-8(12)3-5-9/h2-5H,6H2,1H3. The molecule has 0 aliphatic heterocycles.